The number of methoxy groups -OCH3 is 2. The van der Waals surface area contributed by atoms with E-state index in [9.17, 15) is 0 Å². The van der Waals surface area contributed by atoms with Gasteiger partial charge in [-0.1, -0.05) is 44.2 Å². The van der Waals surface area contributed by atoms with Crippen LogP contribution in [0.2, 0.25) is 0 Å². The number of rotatable bonds is 9. The molecule has 1 aromatic rings. The summed E-state index contributed by atoms with van der Waals surface area (Å²) >= 11 is 0. The van der Waals surface area contributed by atoms with Crippen LogP contribution in [0.25, 0.3) is 0 Å². The molecule has 0 unspecified atom stereocenters. The van der Waals surface area contributed by atoms with Crippen molar-refractivity contribution in [2.45, 2.75) is 20.5 Å². The Kier molecular flexibility index (Phi) is 13.4. The minimum atomic E-state index is 0.216. The van der Waals surface area contributed by atoms with E-state index >= 15 is 0 Å². The molecule has 0 amide bonds. The second kappa shape index (κ2) is 14.0. The summed E-state index contributed by atoms with van der Waals surface area (Å²) in [5.41, 5.74) is 1.22. The first-order valence-electron chi connectivity index (χ1n) is 7.34. The third-order valence-corrected chi connectivity index (χ3v) is 2.73. The average Bonchev–Trinajstić information content (AvgIpc) is 2.49. The van der Waals surface area contributed by atoms with Gasteiger partial charge < -0.3 is 19.3 Å². The number of aliphatic hydroxyl groups is 1. The summed E-state index contributed by atoms with van der Waals surface area (Å²) in [5.74, 6) is 0.744. The van der Waals surface area contributed by atoms with Crippen molar-refractivity contribution < 1.29 is 19.3 Å². The maximum atomic E-state index is 8.39. The van der Waals surface area contributed by atoms with Crippen LogP contribution in [0, 0.1) is 11.8 Å². The average molecular weight is 298 g/mol. The van der Waals surface area contributed by atoms with Gasteiger partial charge in [0.05, 0.1) is 26.4 Å². The Hall–Kier alpha value is -0.940. The van der Waals surface area contributed by atoms with E-state index in [-0.39, 0.29) is 12.5 Å². The van der Waals surface area contributed by atoms with Crippen molar-refractivity contribution >= 4 is 0 Å². The Balaban J connectivity index is 0.000000486. The summed E-state index contributed by atoms with van der Waals surface area (Å²) in [6.07, 6.45) is 0. The molecule has 2 atom stereocenters. The SMILES string of the molecule is COC[C@@H](C)CO.COC[C@@H](C)COCc1ccccc1. The number of ether oxygens (including phenoxy) is 3. The lowest BCUT2D eigenvalue weighted by Gasteiger charge is -2.10. The van der Waals surface area contributed by atoms with Crippen LogP contribution in [0.5, 0.6) is 0 Å². The van der Waals surface area contributed by atoms with Gasteiger partial charge in [-0.25, -0.2) is 0 Å². The van der Waals surface area contributed by atoms with Gasteiger partial charge in [-0.15, -0.1) is 0 Å². The van der Waals surface area contributed by atoms with E-state index in [1.54, 1.807) is 14.2 Å². The maximum Gasteiger partial charge on any atom is 0.0717 e. The van der Waals surface area contributed by atoms with Gasteiger partial charge in [-0.2, -0.15) is 0 Å². The number of hydrogen-bond donors (Lipinski definition) is 1. The molecule has 0 radical (unpaired) electrons. The van der Waals surface area contributed by atoms with E-state index in [0.717, 1.165) is 13.2 Å². The van der Waals surface area contributed by atoms with Crippen molar-refractivity contribution in [2.24, 2.45) is 11.8 Å². The molecule has 0 aliphatic carbocycles. The minimum Gasteiger partial charge on any atom is -0.396 e. The lowest BCUT2D eigenvalue weighted by molar-refractivity contribution is 0.0561. The first-order chi connectivity index (χ1) is 10.1. The molecule has 4 nitrogen and oxygen atoms in total. The van der Waals surface area contributed by atoms with E-state index in [1.807, 2.05) is 25.1 Å². The Labute approximate surface area is 129 Å². The van der Waals surface area contributed by atoms with Crippen molar-refractivity contribution in [3.8, 4) is 0 Å². The van der Waals surface area contributed by atoms with Crippen LogP contribution >= 0.6 is 0 Å². The molecule has 1 rings (SSSR count). The second-order valence-corrected chi connectivity index (χ2v) is 5.30. The highest BCUT2D eigenvalue weighted by Gasteiger charge is 2.00. The van der Waals surface area contributed by atoms with Crippen LogP contribution in [0.1, 0.15) is 19.4 Å². The Morgan fingerprint density at radius 2 is 1.48 bits per heavy atom. The first-order valence-corrected chi connectivity index (χ1v) is 7.34. The summed E-state index contributed by atoms with van der Waals surface area (Å²) < 4.78 is 15.3. The Morgan fingerprint density at radius 1 is 0.905 bits per heavy atom. The summed E-state index contributed by atoms with van der Waals surface area (Å²) in [6.45, 7) is 7.12. The Morgan fingerprint density at radius 3 is 1.95 bits per heavy atom. The van der Waals surface area contributed by atoms with Gasteiger partial charge >= 0.3 is 0 Å². The second-order valence-electron chi connectivity index (χ2n) is 5.30. The van der Waals surface area contributed by atoms with E-state index < -0.39 is 0 Å². The van der Waals surface area contributed by atoms with Crippen molar-refractivity contribution in [3.63, 3.8) is 0 Å². The van der Waals surface area contributed by atoms with Gasteiger partial charge in [0.2, 0.25) is 0 Å². The topological polar surface area (TPSA) is 47.9 Å². The molecule has 0 aliphatic heterocycles. The molecule has 0 aromatic heterocycles. The first kappa shape index (κ1) is 20.1. The van der Waals surface area contributed by atoms with Gasteiger partial charge in [0.15, 0.2) is 0 Å². The molecule has 1 N–H and O–H groups in total. The van der Waals surface area contributed by atoms with Crippen molar-refractivity contribution in [2.75, 3.05) is 40.6 Å². The standard InChI is InChI=1S/C12H18O2.C5H12O2/c1-11(8-13-2)9-14-10-12-6-4-3-5-7-12;1-5(3-6)4-7-2/h3-7,11H,8-10H2,1-2H3;5-6H,3-4H2,1-2H3/t11-;5-/m10/s1. The fraction of sp³-hybridized carbons (Fsp3) is 0.647. The third-order valence-electron chi connectivity index (χ3n) is 2.73. The van der Waals surface area contributed by atoms with Gasteiger partial charge in [0, 0.05) is 32.7 Å². The van der Waals surface area contributed by atoms with Gasteiger partial charge in [0.1, 0.15) is 0 Å². The van der Waals surface area contributed by atoms with E-state index in [2.05, 4.69) is 19.1 Å². The summed E-state index contributed by atoms with van der Waals surface area (Å²) in [7, 11) is 3.35. The fourth-order valence-corrected chi connectivity index (χ4v) is 1.62. The Bertz CT molecular complexity index is 316. The van der Waals surface area contributed by atoms with Gasteiger partial charge in [-0.3, -0.25) is 0 Å². The van der Waals surface area contributed by atoms with E-state index in [4.69, 9.17) is 19.3 Å². The summed E-state index contributed by atoms with van der Waals surface area (Å²) in [6, 6.07) is 10.2. The molecule has 4 heteroatoms. The molecular formula is C17H30O4. The van der Waals surface area contributed by atoms with Crippen LogP contribution in [-0.2, 0) is 20.8 Å². The fourth-order valence-electron chi connectivity index (χ4n) is 1.62. The monoisotopic (exact) mass is 298 g/mol. The predicted octanol–water partition coefficient (Wildman–Crippen LogP) is 2.75. The molecule has 21 heavy (non-hydrogen) atoms. The lowest BCUT2D eigenvalue weighted by atomic mass is 10.2. The highest BCUT2D eigenvalue weighted by molar-refractivity contribution is 5.13. The predicted molar refractivity (Wildman–Crippen MR) is 85.3 cm³/mol. The highest BCUT2D eigenvalue weighted by Crippen LogP contribution is 2.03. The van der Waals surface area contributed by atoms with Crippen LogP contribution < -0.4 is 0 Å². The minimum absolute atomic E-state index is 0.216. The van der Waals surface area contributed by atoms with Crippen molar-refractivity contribution in [1.82, 2.24) is 0 Å². The zero-order valence-electron chi connectivity index (χ0n) is 13.7. The molecule has 0 bridgehead atoms. The molecule has 122 valence electrons. The summed E-state index contributed by atoms with van der Waals surface area (Å²) in [5, 5.41) is 8.39. The number of hydrogen-bond acceptors (Lipinski definition) is 4. The van der Waals surface area contributed by atoms with E-state index in [0.29, 0.717) is 19.1 Å². The zero-order valence-corrected chi connectivity index (χ0v) is 13.7. The lowest BCUT2D eigenvalue weighted by Crippen LogP contribution is -2.11. The normalized spacial score (nSPS) is 13.2. The molecule has 0 spiro atoms. The molecule has 0 saturated heterocycles. The molecule has 0 aliphatic rings. The van der Waals surface area contributed by atoms with Gasteiger partial charge in [-0.05, 0) is 5.56 Å². The van der Waals surface area contributed by atoms with Gasteiger partial charge in [0.25, 0.3) is 0 Å². The molecular weight excluding hydrogens is 268 g/mol. The maximum absolute atomic E-state index is 8.39. The number of aliphatic hydroxyl groups excluding tert-OH is 1. The summed E-state index contributed by atoms with van der Waals surface area (Å²) in [4.78, 5) is 0. The number of benzene rings is 1. The van der Waals surface area contributed by atoms with Crippen LogP contribution in [0.3, 0.4) is 0 Å². The van der Waals surface area contributed by atoms with Crippen molar-refractivity contribution in [3.05, 3.63) is 35.9 Å². The molecule has 0 saturated carbocycles. The third kappa shape index (κ3) is 12.5. The van der Waals surface area contributed by atoms with E-state index in [1.165, 1.54) is 5.56 Å². The van der Waals surface area contributed by atoms with Crippen LogP contribution in [0.15, 0.2) is 30.3 Å². The highest BCUT2D eigenvalue weighted by atomic mass is 16.5. The zero-order chi connectivity index (χ0) is 15.9. The molecule has 0 heterocycles. The molecule has 1 aromatic carbocycles. The van der Waals surface area contributed by atoms with Crippen molar-refractivity contribution in [1.29, 1.82) is 0 Å². The van der Waals surface area contributed by atoms with Crippen LogP contribution in [0.4, 0.5) is 0 Å². The smallest absolute Gasteiger partial charge is 0.0717 e. The quantitative estimate of drug-likeness (QED) is 0.761. The molecule has 0 fully saturated rings. The van der Waals surface area contributed by atoms with Crippen LogP contribution in [-0.4, -0.2) is 45.8 Å². The largest absolute Gasteiger partial charge is 0.396 e.